The van der Waals surface area contributed by atoms with E-state index in [-0.39, 0.29) is 17.2 Å². The molecular formula is C13H21N3O3S. The molecular weight excluding hydrogens is 278 g/mol. The molecule has 0 fully saturated rings. The van der Waals surface area contributed by atoms with Crippen LogP contribution < -0.4 is 16.2 Å². The number of anilines is 1. The molecule has 0 spiro atoms. The van der Waals surface area contributed by atoms with Crippen LogP contribution in [0.5, 0.6) is 0 Å². The van der Waals surface area contributed by atoms with Gasteiger partial charge in [-0.25, -0.2) is 13.6 Å². The van der Waals surface area contributed by atoms with Gasteiger partial charge in [0.15, 0.2) is 0 Å². The highest BCUT2D eigenvalue weighted by molar-refractivity contribution is 7.89. The number of benzene rings is 1. The summed E-state index contributed by atoms with van der Waals surface area (Å²) in [7, 11) is -3.81. The first-order valence-corrected chi connectivity index (χ1v) is 7.67. The van der Waals surface area contributed by atoms with Gasteiger partial charge < -0.3 is 11.1 Å². The van der Waals surface area contributed by atoms with E-state index in [0.29, 0.717) is 5.69 Å². The Labute approximate surface area is 119 Å². The summed E-state index contributed by atoms with van der Waals surface area (Å²) in [6.45, 7) is 7.04. The van der Waals surface area contributed by atoms with Gasteiger partial charge >= 0.3 is 0 Å². The van der Waals surface area contributed by atoms with E-state index in [2.05, 4.69) is 5.32 Å². The fourth-order valence-electron chi connectivity index (χ4n) is 1.73. The Balaban J connectivity index is 3.13. The van der Waals surface area contributed by atoms with E-state index >= 15 is 0 Å². The maximum Gasteiger partial charge on any atom is 0.238 e. The number of nitrogens with two attached hydrogens (primary N) is 2. The van der Waals surface area contributed by atoms with Gasteiger partial charge in [0.25, 0.3) is 0 Å². The number of carbonyl (C=O) groups is 1. The minimum atomic E-state index is -3.81. The second-order valence-electron chi connectivity index (χ2n) is 5.67. The molecule has 1 rings (SSSR count). The molecule has 112 valence electrons. The lowest BCUT2D eigenvalue weighted by atomic mass is 10.0. The van der Waals surface area contributed by atoms with Crippen molar-refractivity contribution in [1.29, 1.82) is 0 Å². The van der Waals surface area contributed by atoms with Crippen LogP contribution in [0.25, 0.3) is 0 Å². The number of primary sulfonamides is 1. The zero-order valence-electron chi connectivity index (χ0n) is 12.1. The van der Waals surface area contributed by atoms with Crippen LogP contribution in [0.15, 0.2) is 17.0 Å². The minimum Gasteiger partial charge on any atom is -0.326 e. The number of aryl methyl sites for hydroxylation is 1. The second-order valence-corrected chi connectivity index (χ2v) is 7.23. The third kappa shape index (κ3) is 4.59. The SMILES string of the molecule is Cc1cc(S(N)(=O)=O)cc(NC(=O)CC(C)(C)N)c1C. The molecule has 0 bridgehead atoms. The van der Waals surface area contributed by atoms with Crippen LogP contribution >= 0.6 is 0 Å². The number of hydrogen-bond donors (Lipinski definition) is 3. The monoisotopic (exact) mass is 299 g/mol. The summed E-state index contributed by atoms with van der Waals surface area (Å²) in [6, 6.07) is 2.84. The highest BCUT2D eigenvalue weighted by Gasteiger charge is 2.18. The van der Waals surface area contributed by atoms with Gasteiger partial charge in [0, 0.05) is 17.6 Å². The number of amides is 1. The Morgan fingerprint density at radius 3 is 2.30 bits per heavy atom. The van der Waals surface area contributed by atoms with Crippen LogP contribution in [0.4, 0.5) is 5.69 Å². The molecule has 1 aromatic rings. The first-order valence-electron chi connectivity index (χ1n) is 6.13. The van der Waals surface area contributed by atoms with E-state index in [4.69, 9.17) is 10.9 Å². The van der Waals surface area contributed by atoms with Gasteiger partial charge in [0.1, 0.15) is 0 Å². The van der Waals surface area contributed by atoms with Gasteiger partial charge in [-0.15, -0.1) is 0 Å². The van der Waals surface area contributed by atoms with Crippen molar-refractivity contribution >= 4 is 21.6 Å². The van der Waals surface area contributed by atoms with Gasteiger partial charge in [0.05, 0.1) is 4.90 Å². The maximum atomic E-state index is 11.9. The van der Waals surface area contributed by atoms with Crippen LogP contribution in [-0.4, -0.2) is 19.9 Å². The van der Waals surface area contributed by atoms with Crippen molar-refractivity contribution in [2.75, 3.05) is 5.32 Å². The molecule has 0 unspecified atom stereocenters. The van der Waals surface area contributed by atoms with Crippen molar-refractivity contribution in [2.45, 2.75) is 44.6 Å². The first-order chi connectivity index (χ1) is 8.90. The minimum absolute atomic E-state index is 0.0251. The zero-order chi connectivity index (χ0) is 15.7. The quantitative estimate of drug-likeness (QED) is 0.769. The van der Waals surface area contributed by atoms with Gasteiger partial charge in [0.2, 0.25) is 15.9 Å². The molecule has 6 nitrogen and oxygen atoms in total. The summed E-state index contributed by atoms with van der Waals surface area (Å²) >= 11 is 0. The number of nitrogens with one attached hydrogen (secondary N) is 1. The summed E-state index contributed by atoms with van der Waals surface area (Å²) in [4.78, 5) is 11.9. The first kappa shape index (κ1) is 16.6. The lowest BCUT2D eigenvalue weighted by molar-refractivity contribution is -0.117. The van der Waals surface area contributed by atoms with E-state index in [9.17, 15) is 13.2 Å². The van der Waals surface area contributed by atoms with E-state index in [0.717, 1.165) is 11.1 Å². The van der Waals surface area contributed by atoms with Gasteiger partial charge in [-0.1, -0.05) is 0 Å². The molecule has 1 amide bonds. The largest absolute Gasteiger partial charge is 0.326 e. The number of hydrogen-bond acceptors (Lipinski definition) is 4. The van der Waals surface area contributed by atoms with Gasteiger partial charge in [-0.3, -0.25) is 4.79 Å². The average molecular weight is 299 g/mol. The molecule has 1 aromatic carbocycles. The molecule has 0 aliphatic heterocycles. The molecule has 0 aliphatic carbocycles. The molecule has 20 heavy (non-hydrogen) atoms. The predicted molar refractivity (Wildman–Crippen MR) is 78.8 cm³/mol. The summed E-state index contributed by atoms with van der Waals surface area (Å²) in [6.07, 6.45) is 0.130. The fourth-order valence-corrected chi connectivity index (χ4v) is 2.35. The van der Waals surface area contributed by atoms with Crippen LogP contribution in [-0.2, 0) is 14.8 Å². The second kappa shape index (κ2) is 5.51. The standard InChI is InChI=1S/C13H21N3O3S/c1-8-5-10(20(15,18)19)6-11(9(8)2)16-12(17)7-13(3,4)14/h5-6H,7,14H2,1-4H3,(H,16,17)(H2,15,18,19). The van der Waals surface area contributed by atoms with Gasteiger partial charge in [-0.2, -0.15) is 0 Å². The molecule has 5 N–H and O–H groups in total. The maximum absolute atomic E-state index is 11.9. The van der Waals surface area contributed by atoms with E-state index in [1.54, 1.807) is 27.7 Å². The number of rotatable bonds is 4. The zero-order valence-corrected chi connectivity index (χ0v) is 13.0. The van der Waals surface area contributed by atoms with E-state index < -0.39 is 15.6 Å². The van der Waals surface area contributed by atoms with Crippen LogP contribution in [0.1, 0.15) is 31.4 Å². The summed E-state index contributed by atoms with van der Waals surface area (Å²) in [5.74, 6) is -0.272. The molecule has 7 heteroatoms. The topological polar surface area (TPSA) is 115 Å². The summed E-state index contributed by atoms with van der Waals surface area (Å²) in [5, 5.41) is 7.80. The van der Waals surface area contributed by atoms with Crippen LogP contribution in [0.2, 0.25) is 0 Å². The van der Waals surface area contributed by atoms with Crippen molar-refractivity contribution < 1.29 is 13.2 Å². The van der Waals surface area contributed by atoms with E-state index in [1.807, 2.05) is 0 Å². The normalized spacial score (nSPS) is 12.3. The number of carbonyl (C=O) groups excluding carboxylic acids is 1. The van der Waals surface area contributed by atoms with Gasteiger partial charge in [-0.05, 0) is 51.0 Å². The molecule has 0 saturated carbocycles. The summed E-state index contributed by atoms with van der Waals surface area (Å²) in [5.41, 5.74) is 7.11. The Hall–Kier alpha value is -1.44. The molecule has 0 aliphatic rings. The average Bonchev–Trinajstić information content (AvgIpc) is 2.20. The third-order valence-electron chi connectivity index (χ3n) is 2.86. The molecule has 0 aromatic heterocycles. The van der Waals surface area contributed by atoms with Crippen molar-refractivity contribution in [3.8, 4) is 0 Å². The highest BCUT2D eigenvalue weighted by Crippen LogP contribution is 2.24. The molecule has 0 atom stereocenters. The lowest BCUT2D eigenvalue weighted by Gasteiger charge is -2.19. The Kier molecular flexibility index (Phi) is 4.58. The van der Waals surface area contributed by atoms with Crippen LogP contribution in [0.3, 0.4) is 0 Å². The fraction of sp³-hybridized carbons (Fsp3) is 0.462. The van der Waals surface area contributed by atoms with E-state index in [1.165, 1.54) is 12.1 Å². The predicted octanol–water partition coefficient (Wildman–Crippen LogP) is 1.02. The summed E-state index contributed by atoms with van der Waals surface area (Å²) < 4.78 is 22.8. The Morgan fingerprint density at radius 1 is 1.30 bits per heavy atom. The van der Waals surface area contributed by atoms with Crippen molar-refractivity contribution in [3.63, 3.8) is 0 Å². The smallest absolute Gasteiger partial charge is 0.238 e. The molecule has 0 radical (unpaired) electrons. The lowest BCUT2D eigenvalue weighted by Crippen LogP contribution is -2.36. The Bertz CT molecular complexity index is 631. The van der Waals surface area contributed by atoms with Crippen molar-refractivity contribution in [2.24, 2.45) is 10.9 Å². The molecule has 0 saturated heterocycles. The molecule has 0 heterocycles. The number of sulfonamides is 1. The van der Waals surface area contributed by atoms with Crippen molar-refractivity contribution in [3.05, 3.63) is 23.3 Å². The van der Waals surface area contributed by atoms with Crippen molar-refractivity contribution in [1.82, 2.24) is 0 Å². The Morgan fingerprint density at radius 2 is 1.85 bits per heavy atom. The third-order valence-corrected chi connectivity index (χ3v) is 3.75. The van der Waals surface area contributed by atoms with Crippen LogP contribution in [0, 0.1) is 13.8 Å². The highest BCUT2D eigenvalue weighted by atomic mass is 32.2.